The van der Waals surface area contributed by atoms with Gasteiger partial charge in [-0.05, 0) is 49.5 Å². The number of benzene rings is 2. The second kappa shape index (κ2) is 7.00. The highest BCUT2D eigenvalue weighted by Gasteiger charge is 2.35. The fourth-order valence-corrected chi connectivity index (χ4v) is 2.33. The van der Waals surface area contributed by atoms with Crippen LogP contribution >= 0.6 is 0 Å². The largest absolute Gasteiger partial charge is 0.418 e. The molecule has 2 rings (SSSR count). The van der Waals surface area contributed by atoms with Crippen LogP contribution in [0.5, 0.6) is 0 Å². The molecule has 0 spiro atoms. The van der Waals surface area contributed by atoms with Crippen LogP contribution in [0.2, 0.25) is 0 Å². The molecule has 0 aliphatic carbocycles. The number of nitrogens with zero attached hydrogens (tertiary/aromatic N) is 1. The lowest BCUT2D eigenvalue weighted by molar-refractivity contribution is -0.136. The van der Waals surface area contributed by atoms with Crippen molar-refractivity contribution in [3.8, 4) is 11.1 Å². The van der Waals surface area contributed by atoms with Crippen molar-refractivity contribution in [3.63, 3.8) is 0 Å². The molecule has 0 radical (unpaired) electrons. The molecule has 5 N–H and O–H groups in total. The molecule has 0 fully saturated rings. The van der Waals surface area contributed by atoms with E-state index in [4.69, 9.17) is 11.5 Å². The maximum Gasteiger partial charge on any atom is 0.418 e. The summed E-state index contributed by atoms with van der Waals surface area (Å²) in [6.45, 7) is 0.956. The average molecular weight is 338 g/mol. The van der Waals surface area contributed by atoms with Gasteiger partial charge in [-0.15, -0.1) is 0 Å². The molecule has 0 aromatic heterocycles. The van der Waals surface area contributed by atoms with Crippen molar-refractivity contribution in [2.75, 3.05) is 44.0 Å². The minimum absolute atomic E-state index is 0.0652. The third-order valence-electron chi connectivity index (χ3n) is 3.58. The van der Waals surface area contributed by atoms with Gasteiger partial charge in [-0.3, -0.25) is 0 Å². The first-order valence-corrected chi connectivity index (χ1v) is 7.43. The van der Waals surface area contributed by atoms with Gasteiger partial charge in [0.05, 0.1) is 16.9 Å². The number of nitrogens with two attached hydrogens (primary N) is 2. The first-order valence-electron chi connectivity index (χ1n) is 7.43. The topological polar surface area (TPSA) is 67.3 Å². The number of alkyl halides is 3. The van der Waals surface area contributed by atoms with Crippen molar-refractivity contribution in [1.29, 1.82) is 0 Å². The highest BCUT2D eigenvalue weighted by molar-refractivity contribution is 5.80. The third kappa shape index (κ3) is 4.32. The number of likely N-dealkylation sites (N-methyl/N-ethyl adjacent to an activating group) is 1. The Morgan fingerprint density at radius 1 is 1.00 bits per heavy atom. The van der Waals surface area contributed by atoms with Crippen molar-refractivity contribution in [2.24, 2.45) is 0 Å². The van der Waals surface area contributed by atoms with Crippen molar-refractivity contribution in [2.45, 2.75) is 6.18 Å². The van der Waals surface area contributed by atoms with Crippen LogP contribution in [0.25, 0.3) is 11.1 Å². The Morgan fingerprint density at radius 2 is 1.62 bits per heavy atom. The van der Waals surface area contributed by atoms with Gasteiger partial charge < -0.3 is 21.7 Å². The van der Waals surface area contributed by atoms with Crippen molar-refractivity contribution in [1.82, 2.24) is 4.90 Å². The molecule has 130 valence electrons. The van der Waals surface area contributed by atoms with Crippen molar-refractivity contribution in [3.05, 3.63) is 42.0 Å². The zero-order chi connectivity index (χ0) is 17.9. The lowest BCUT2D eigenvalue weighted by Gasteiger charge is -2.19. The highest BCUT2D eigenvalue weighted by atomic mass is 19.4. The van der Waals surface area contributed by atoms with E-state index in [1.807, 2.05) is 19.0 Å². The molecule has 4 nitrogen and oxygen atoms in total. The summed E-state index contributed by atoms with van der Waals surface area (Å²) in [5.74, 6) is 0. The number of hydrogen-bond donors (Lipinski definition) is 3. The zero-order valence-electron chi connectivity index (χ0n) is 13.6. The number of rotatable bonds is 5. The van der Waals surface area contributed by atoms with Gasteiger partial charge in [0.15, 0.2) is 0 Å². The molecule has 0 amide bonds. The molecular weight excluding hydrogens is 317 g/mol. The fraction of sp³-hybridized carbons (Fsp3) is 0.294. The van der Waals surface area contributed by atoms with Crippen LogP contribution in [0.1, 0.15) is 5.56 Å². The summed E-state index contributed by atoms with van der Waals surface area (Å²) in [5.41, 5.74) is 12.3. The Balaban J connectivity index is 2.43. The predicted molar refractivity (Wildman–Crippen MR) is 92.7 cm³/mol. The highest BCUT2D eigenvalue weighted by Crippen LogP contribution is 2.41. The summed E-state index contributed by atoms with van der Waals surface area (Å²) >= 11 is 0. The minimum atomic E-state index is -4.50. The smallest absolute Gasteiger partial charge is 0.399 e. The summed E-state index contributed by atoms with van der Waals surface area (Å²) in [6, 6.07) is 9.27. The minimum Gasteiger partial charge on any atom is -0.399 e. The van der Waals surface area contributed by atoms with E-state index in [0.717, 1.165) is 6.07 Å². The van der Waals surface area contributed by atoms with E-state index in [0.29, 0.717) is 29.9 Å². The normalized spacial score (nSPS) is 11.8. The second-order valence-corrected chi connectivity index (χ2v) is 5.84. The first-order chi connectivity index (χ1) is 11.2. The molecular formula is C17H21F3N4. The van der Waals surface area contributed by atoms with Crippen LogP contribution in [0.4, 0.5) is 30.2 Å². The maximum atomic E-state index is 13.4. The summed E-state index contributed by atoms with van der Waals surface area (Å²) in [6.07, 6.45) is -4.50. The van der Waals surface area contributed by atoms with Gasteiger partial charge in [0.2, 0.25) is 0 Å². The molecule has 0 aliphatic heterocycles. The van der Waals surface area contributed by atoms with Gasteiger partial charge in [0, 0.05) is 18.8 Å². The number of anilines is 3. The standard InChI is InChI=1S/C17H21F3N4/c1-24(2)8-7-23-16-14(17(18,19)20)9-12(10-15(16)22)11-3-5-13(21)6-4-11/h3-6,9-10,23H,7-8,21-22H2,1-2H3. The average Bonchev–Trinajstić information content (AvgIpc) is 2.48. The SMILES string of the molecule is CN(C)CCNc1c(N)cc(-c2ccc(N)cc2)cc1C(F)(F)F. The Hall–Kier alpha value is -2.41. The van der Waals surface area contributed by atoms with E-state index >= 15 is 0 Å². The van der Waals surface area contributed by atoms with Gasteiger partial charge in [-0.25, -0.2) is 0 Å². The monoisotopic (exact) mass is 338 g/mol. The second-order valence-electron chi connectivity index (χ2n) is 5.84. The van der Waals surface area contributed by atoms with Gasteiger partial charge in [0.1, 0.15) is 0 Å². The van der Waals surface area contributed by atoms with E-state index in [1.165, 1.54) is 0 Å². The molecule has 24 heavy (non-hydrogen) atoms. The molecule has 7 heteroatoms. The fourth-order valence-electron chi connectivity index (χ4n) is 2.33. The molecule has 0 bridgehead atoms. The molecule has 2 aromatic carbocycles. The van der Waals surface area contributed by atoms with Gasteiger partial charge >= 0.3 is 6.18 Å². The molecule has 0 atom stereocenters. The van der Waals surface area contributed by atoms with E-state index in [1.54, 1.807) is 30.3 Å². The van der Waals surface area contributed by atoms with E-state index in [2.05, 4.69) is 5.32 Å². The summed E-state index contributed by atoms with van der Waals surface area (Å²) in [4.78, 5) is 1.87. The van der Waals surface area contributed by atoms with Gasteiger partial charge in [-0.2, -0.15) is 13.2 Å². The Labute approximate surface area is 139 Å². The summed E-state index contributed by atoms with van der Waals surface area (Å²) in [7, 11) is 3.69. The number of nitrogen functional groups attached to an aromatic ring is 2. The van der Waals surface area contributed by atoms with Crippen LogP contribution in [-0.4, -0.2) is 32.1 Å². The molecule has 0 saturated carbocycles. The Bertz CT molecular complexity index is 694. The first kappa shape index (κ1) is 17.9. The quantitative estimate of drug-likeness (QED) is 0.730. The molecule has 0 unspecified atom stereocenters. The van der Waals surface area contributed by atoms with Crippen LogP contribution in [0, 0.1) is 0 Å². The molecule has 0 aliphatic rings. The summed E-state index contributed by atoms with van der Waals surface area (Å²) < 4.78 is 40.3. The van der Waals surface area contributed by atoms with Crippen molar-refractivity contribution < 1.29 is 13.2 Å². The summed E-state index contributed by atoms with van der Waals surface area (Å²) in [5, 5.41) is 2.80. The lowest BCUT2D eigenvalue weighted by Crippen LogP contribution is -2.22. The number of halogens is 3. The number of nitrogens with one attached hydrogen (secondary N) is 1. The predicted octanol–water partition coefficient (Wildman–Crippen LogP) is 3.51. The maximum absolute atomic E-state index is 13.4. The van der Waals surface area contributed by atoms with Crippen molar-refractivity contribution >= 4 is 17.1 Å². The molecule has 0 saturated heterocycles. The van der Waals surface area contributed by atoms with Gasteiger partial charge in [-0.1, -0.05) is 12.1 Å². The van der Waals surface area contributed by atoms with E-state index in [9.17, 15) is 13.2 Å². The lowest BCUT2D eigenvalue weighted by atomic mass is 9.99. The van der Waals surface area contributed by atoms with E-state index in [-0.39, 0.29) is 11.4 Å². The molecule has 2 aromatic rings. The number of hydrogen-bond acceptors (Lipinski definition) is 4. The van der Waals surface area contributed by atoms with Gasteiger partial charge in [0.25, 0.3) is 0 Å². The van der Waals surface area contributed by atoms with Crippen LogP contribution in [0.3, 0.4) is 0 Å². The van der Waals surface area contributed by atoms with Crippen LogP contribution < -0.4 is 16.8 Å². The van der Waals surface area contributed by atoms with E-state index < -0.39 is 11.7 Å². The zero-order valence-corrected chi connectivity index (χ0v) is 13.6. The Morgan fingerprint density at radius 3 is 2.17 bits per heavy atom. The van der Waals surface area contributed by atoms with Crippen LogP contribution in [-0.2, 0) is 6.18 Å². The molecule has 0 heterocycles. The van der Waals surface area contributed by atoms with Crippen LogP contribution in [0.15, 0.2) is 36.4 Å². The Kier molecular flexibility index (Phi) is 5.23. The third-order valence-corrected chi connectivity index (χ3v) is 3.58.